The topological polar surface area (TPSA) is 98.5 Å². The average molecular weight is 451 g/mol. The first-order valence-corrected chi connectivity index (χ1v) is 11.6. The van der Waals surface area contributed by atoms with Gasteiger partial charge in [-0.15, -0.1) is 0 Å². The Morgan fingerprint density at radius 2 is 1.70 bits per heavy atom. The lowest BCUT2D eigenvalue weighted by Gasteiger charge is -2.24. The van der Waals surface area contributed by atoms with Gasteiger partial charge in [-0.25, -0.2) is 13.2 Å². The summed E-state index contributed by atoms with van der Waals surface area (Å²) in [7, 11) is -3.78. The average Bonchev–Trinajstić information content (AvgIpc) is 3.30. The zero-order valence-corrected chi connectivity index (χ0v) is 19.0. The van der Waals surface area contributed by atoms with E-state index in [0.29, 0.717) is 5.02 Å². The maximum absolute atomic E-state index is 13.5. The van der Waals surface area contributed by atoms with Crippen molar-refractivity contribution in [1.29, 1.82) is 0 Å². The highest BCUT2D eigenvalue weighted by Crippen LogP contribution is 2.57. The molecule has 3 atom stereocenters. The van der Waals surface area contributed by atoms with Gasteiger partial charge in [-0.05, 0) is 57.5 Å². The van der Waals surface area contributed by atoms with Crippen LogP contribution in [0.5, 0.6) is 0 Å². The van der Waals surface area contributed by atoms with Crippen molar-refractivity contribution in [2.45, 2.75) is 54.9 Å². The highest BCUT2D eigenvalue weighted by Gasteiger charge is 2.71. The van der Waals surface area contributed by atoms with Gasteiger partial charge in [-0.1, -0.05) is 41.4 Å². The minimum atomic E-state index is -3.78. The molecular formula is C22H27ClN2O4S. The zero-order valence-electron chi connectivity index (χ0n) is 17.5. The lowest BCUT2D eigenvalue weighted by Crippen LogP contribution is -2.49. The molecule has 3 N–H and O–H groups in total. The number of ether oxygens (including phenoxy) is 1. The van der Waals surface area contributed by atoms with Gasteiger partial charge in [-0.3, -0.25) is 0 Å². The van der Waals surface area contributed by atoms with Gasteiger partial charge in [0.2, 0.25) is 0 Å². The molecule has 8 heteroatoms. The Balaban J connectivity index is 2.03. The maximum Gasteiger partial charge on any atom is 0.408 e. The van der Waals surface area contributed by atoms with E-state index in [9.17, 15) is 13.2 Å². The molecule has 2 aromatic carbocycles. The quantitative estimate of drug-likeness (QED) is 0.721. The Hall–Kier alpha value is -2.09. The van der Waals surface area contributed by atoms with Gasteiger partial charge in [0.05, 0.1) is 10.4 Å². The number of halogens is 1. The molecule has 1 saturated carbocycles. The molecular weight excluding hydrogens is 424 g/mol. The number of hydrogen-bond donors (Lipinski definition) is 2. The molecule has 1 fully saturated rings. The predicted octanol–water partition coefficient (Wildman–Crippen LogP) is 3.81. The van der Waals surface area contributed by atoms with Crippen molar-refractivity contribution in [2.24, 2.45) is 5.73 Å². The second kappa shape index (κ2) is 7.87. The Kier molecular flexibility index (Phi) is 5.93. The summed E-state index contributed by atoms with van der Waals surface area (Å²) in [5.41, 5.74) is 5.85. The monoisotopic (exact) mass is 450 g/mol. The molecule has 0 aromatic heterocycles. The van der Waals surface area contributed by atoms with Crippen molar-refractivity contribution in [3.8, 4) is 0 Å². The number of carbonyl (C=O) groups is 1. The fourth-order valence-corrected chi connectivity index (χ4v) is 6.28. The van der Waals surface area contributed by atoms with Gasteiger partial charge in [0.1, 0.15) is 10.9 Å². The van der Waals surface area contributed by atoms with E-state index in [1.165, 1.54) is 0 Å². The number of aryl methyl sites for hydroxylation is 1. The summed E-state index contributed by atoms with van der Waals surface area (Å²) in [6, 6.07) is 13.6. The van der Waals surface area contributed by atoms with Gasteiger partial charge in [0.25, 0.3) is 0 Å². The number of amides is 1. The van der Waals surface area contributed by atoms with Crippen LogP contribution in [0, 0.1) is 6.92 Å². The first-order valence-electron chi connectivity index (χ1n) is 9.68. The fourth-order valence-electron chi connectivity index (χ4n) is 3.81. The van der Waals surface area contributed by atoms with E-state index in [1.54, 1.807) is 69.3 Å². The summed E-state index contributed by atoms with van der Waals surface area (Å²) in [4.78, 5) is 12.7. The zero-order chi connectivity index (χ0) is 22.3. The van der Waals surface area contributed by atoms with E-state index < -0.39 is 38.2 Å². The number of carbonyl (C=O) groups excluding carboxylic acids is 1. The molecule has 2 aromatic rings. The SMILES string of the molecule is Cc1ccc(S(=O)(=O)[C@@H]2[C@H](c3ccc(Cl)cc3)[C@@]2(CN)NC(=O)OC(C)(C)C)cc1. The number of benzene rings is 2. The third kappa shape index (κ3) is 4.33. The van der Waals surface area contributed by atoms with Crippen LogP contribution < -0.4 is 11.1 Å². The molecule has 0 heterocycles. The van der Waals surface area contributed by atoms with Crippen LogP contribution in [0.4, 0.5) is 4.79 Å². The van der Waals surface area contributed by atoms with Crippen LogP contribution >= 0.6 is 11.6 Å². The molecule has 0 aliphatic heterocycles. The third-order valence-corrected chi connectivity index (χ3v) is 7.78. The fraction of sp³-hybridized carbons (Fsp3) is 0.409. The molecule has 0 spiro atoms. The first-order chi connectivity index (χ1) is 13.9. The lowest BCUT2D eigenvalue weighted by molar-refractivity contribution is 0.0497. The number of nitrogens with one attached hydrogen (secondary N) is 1. The van der Waals surface area contributed by atoms with Crippen LogP contribution in [-0.2, 0) is 14.6 Å². The van der Waals surface area contributed by atoms with Crippen molar-refractivity contribution in [3.63, 3.8) is 0 Å². The van der Waals surface area contributed by atoms with E-state index in [4.69, 9.17) is 22.1 Å². The normalized spacial score (nSPS) is 23.7. The van der Waals surface area contributed by atoms with Crippen LogP contribution in [0.25, 0.3) is 0 Å². The first kappa shape index (κ1) is 22.6. The van der Waals surface area contributed by atoms with E-state index in [2.05, 4.69) is 5.32 Å². The Morgan fingerprint density at radius 1 is 1.13 bits per heavy atom. The van der Waals surface area contributed by atoms with Crippen molar-refractivity contribution in [1.82, 2.24) is 5.32 Å². The van der Waals surface area contributed by atoms with Gasteiger partial charge < -0.3 is 15.8 Å². The second-order valence-electron chi connectivity index (χ2n) is 8.68. The van der Waals surface area contributed by atoms with Gasteiger partial charge >= 0.3 is 6.09 Å². The van der Waals surface area contributed by atoms with Crippen LogP contribution in [0.15, 0.2) is 53.4 Å². The van der Waals surface area contributed by atoms with Gasteiger partial charge in [0.15, 0.2) is 9.84 Å². The Bertz CT molecular complexity index is 1030. The predicted molar refractivity (Wildman–Crippen MR) is 118 cm³/mol. The summed E-state index contributed by atoms with van der Waals surface area (Å²) in [5.74, 6) is -0.529. The molecule has 30 heavy (non-hydrogen) atoms. The van der Waals surface area contributed by atoms with Gasteiger partial charge in [-0.2, -0.15) is 0 Å². The molecule has 162 valence electrons. The number of alkyl carbamates (subject to hydrolysis) is 1. The van der Waals surface area contributed by atoms with E-state index in [-0.39, 0.29) is 11.4 Å². The molecule has 0 radical (unpaired) electrons. The number of rotatable bonds is 5. The molecule has 0 unspecified atom stereocenters. The standard InChI is InChI=1S/C22H27ClN2O4S/c1-14-5-11-17(12-6-14)30(27,28)19-18(15-7-9-16(23)10-8-15)22(19,13-24)25-20(26)29-21(2,3)4/h5-12,18-19H,13,24H2,1-4H3,(H,25,26)/t18-,19+,22+/m0/s1. The van der Waals surface area contributed by atoms with Gasteiger partial charge in [0, 0.05) is 17.5 Å². The summed E-state index contributed by atoms with van der Waals surface area (Å²) in [6.07, 6.45) is -0.700. The lowest BCUT2D eigenvalue weighted by atomic mass is 10.1. The Morgan fingerprint density at radius 3 is 2.20 bits per heavy atom. The molecule has 1 amide bonds. The van der Waals surface area contributed by atoms with Crippen molar-refractivity contribution >= 4 is 27.5 Å². The van der Waals surface area contributed by atoms with Crippen molar-refractivity contribution in [3.05, 3.63) is 64.7 Å². The summed E-state index contributed by atoms with van der Waals surface area (Å²) >= 11 is 6.00. The highest BCUT2D eigenvalue weighted by molar-refractivity contribution is 7.92. The molecule has 1 aliphatic carbocycles. The second-order valence-corrected chi connectivity index (χ2v) is 11.2. The van der Waals surface area contributed by atoms with E-state index in [1.807, 2.05) is 6.92 Å². The van der Waals surface area contributed by atoms with Crippen LogP contribution in [0.1, 0.15) is 37.8 Å². The minimum absolute atomic E-state index is 0.0602. The molecule has 3 rings (SSSR count). The number of hydrogen-bond acceptors (Lipinski definition) is 5. The highest BCUT2D eigenvalue weighted by atomic mass is 35.5. The van der Waals surface area contributed by atoms with Crippen molar-refractivity contribution in [2.75, 3.05) is 6.54 Å². The largest absolute Gasteiger partial charge is 0.444 e. The molecule has 1 aliphatic rings. The minimum Gasteiger partial charge on any atom is -0.444 e. The summed E-state index contributed by atoms with van der Waals surface area (Å²) in [6.45, 7) is 7.05. The van der Waals surface area contributed by atoms with Crippen molar-refractivity contribution < 1.29 is 17.9 Å². The van der Waals surface area contributed by atoms with E-state index in [0.717, 1.165) is 11.1 Å². The number of nitrogens with two attached hydrogens (primary N) is 1. The molecule has 0 saturated heterocycles. The number of sulfone groups is 1. The Labute approximate surface area is 182 Å². The molecule has 0 bridgehead atoms. The van der Waals surface area contributed by atoms with Crippen LogP contribution in [-0.4, -0.2) is 37.4 Å². The summed E-state index contributed by atoms with van der Waals surface area (Å²) < 4.78 is 32.4. The smallest absolute Gasteiger partial charge is 0.408 e. The molecule has 6 nitrogen and oxygen atoms in total. The summed E-state index contributed by atoms with van der Waals surface area (Å²) in [5, 5.41) is 2.39. The third-order valence-electron chi connectivity index (χ3n) is 5.24. The van der Waals surface area contributed by atoms with E-state index >= 15 is 0 Å². The van der Waals surface area contributed by atoms with Crippen LogP contribution in [0.2, 0.25) is 5.02 Å². The maximum atomic E-state index is 13.5. The van der Waals surface area contributed by atoms with Crippen LogP contribution in [0.3, 0.4) is 0 Å².